The summed E-state index contributed by atoms with van der Waals surface area (Å²) in [6.07, 6.45) is 2.33. The van der Waals surface area contributed by atoms with E-state index >= 15 is 0 Å². The first kappa shape index (κ1) is 24.5. The Morgan fingerprint density at radius 3 is 2.42 bits per heavy atom. The van der Waals surface area contributed by atoms with Crippen molar-refractivity contribution < 1.29 is 32.2 Å². The summed E-state index contributed by atoms with van der Waals surface area (Å²) in [5.74, 6) is -0.786. The first-order valence-electron chi connectivity index (χ1n) is 11.4. The van der Waals surface area contributed by atoms with Gasteiger partial charge in [0.1, 0.15) is 22.1 Å². The predicted molar refractivity (Wildman–Crippen MR) is 135 cm³/mol. The lowest BCUT2D eigenvalue weighted by atomic mass is 9.74. The molecule has 5 rings (SSSR count). The van der Waals surface area contributed by atoms with Gasteiger partial charge in [-0.2, -0.15) is 0 Å². The Morgan fingerprint density at radius 1 is 1.14 bits per heavy atom. The Hall–Kier alpha value is -3.24. The van der Waals surface area contributed by atoms with Gasteiger partial charge in [0.15, 0.2) is 5.75 Å². The van der Waals surface area contributed by atoms with Crippen molar-refractivity contribution in [1.29, 1.82) is 0 Å². The molecule has 0 saturated carbocycles. The Balaban J connectivity index is 1.41. The van der Waals surface area contributed by atoms with Crippen molar-refractivity contribution in [2.45, 2.75) is 25.4 Å². The van der Waals surface area contributed by atoms with E-state index in [4.69, 9.17) is 25.8 Å². The lowest BCUT2D eigenvalue weighted by Gasteiger charge is -2.35. The van der Waals surface area contributed by atoms with Crippen LogP contribution in [0.3, 0.4) is 0 Å². The number of methoxy groups -OCH3 is 2. The van der Waals surface area contributed by atoms with Crippen LogP contribution < -0.4 is 23.8 Å². The van der Waals surface area contributed by atoms with Gasteiger partial charge in [-0.1, -0.05) is 18.5 Å². The molecule has 0 aromatic heterocycles. The molecule has 1 N–H and O–H groups in total. The summed E-state index contributed by atoms with van der Waals surface area (Å²) in [6, 6.07) is 8.47. The van der Waals surface area contributed by atoms with Crippen LogP contribution in [-0.2, 0) is 14.8 Å². The van der Waals surface area contributed by atoms with Gasteiger partial charge in [-0.25, -0.2) is 8.42 Å². The van der Waals surface area contributed by atoms with E-state index in [1.54, 1.807) is 31.2 Å². The highest BCUT2D eigenvalue weighted by atomic mass is 35.5. The second-order valence-corrected chi connectivity index (χ2v) is 11.4. The summed E-state index contributed by atoms with van der Waals surface area (Å²) >= 11 is 6.42. The van der Waals surface area contributed by atoms with Crippen LogP contribution in [0.15, 0.2) is 42.1 Å². The normalized spacial score (nSPS) is 24.4. The van der Waals surface area contributed by atoms with Crippen molar-refractivity contribution in [2.75, 3.05) is 36.1 Å². The van der Waals surface area contributed by atoms with Gasteiger partial charge in [0.25, 0.3) is 0 Å². The van der Waals surface area contributed by atoms with Gasteiger partial charge in [0.05, 0.1) is 25.7 Å². The zero-order valence-electron chi connectivity index (χ0n) is 20.0. The SMILES string of the molecule is COc1cc(OC)c2c(c1Cl)OC1(C(=O)C=C(Nc3ccc(N4CCCS4(=O)=O)cc3)CC1C)C2=O. The topological polar surface area (TPSA) is 111 Å². The van der Waals surface area contributed by atoms with Gasteiger partial charge < -0.3 is 19.5 Å². The summed E-state index contributed by atoms with van der Waals surface area (Å²) in [5.41, 5.74) is 0.283. The van der Waals surface area contributed by atoms with E-state index in [9.17, 15) is 18.0 Å². The van der Waals surface area contributed by atoms with Gasteiger partial charge in [0.2, 0.25) is 27.2 Å². The van der Waals surface area contributed by atoms with Gasteiger partial charge >= 0.3 is 0 Å². The average molecular weight is 533 g/mol. The van der Waals surface area contributed by atoms with E-state index in [2.05, 4.69) is 5.32 Å². The molecule has 0 amide bonds. The van der Waals surface area contributed by atoms with E-state index in [1.807, 2.05) is 0 Å². The van der Waals surface area contributed by atoms with Gasteiger partial charge in [-0.05, 0) is 37.1 Å². The summed E-state index contributed by atoms with van der Waals surface area (Å²) in [7, 11) is -0.411. The number of nitrogens with zero attached hydrogens (tertiary/aromatic N) is 1. The van der Waals surface area contributed by atoms with Crippen molar-refractivity contribution in [1.82, 2.24) is 0 Å². The molecular formula is C25H25ClN2O7S. The second-order valence-electron chi connectivity index (χ2n) is 9.02. The zero-order valence-corrected chi connectivity index (χ0v) is 21.5. The molecule has 9 nitrogen and oxygen atoms in total. The molecule has 0 radical (unpaired) electrons. The molecule has 2 aromatic rings. The van der Waals surface area contributed by atoms with Crippen molar-refractivity contribution in [2.24, 2.45) is 5.92 Å². The highest BCUT2D eigenvalue weighted by Crippen LogP contribution is 2.53. The number of halogens is 1. The van der Waals surface area contributed by atoms with Crippen LogP contribution in [0.4, 0.5) is 11.4 Å². The Morgan fingerprint density at radius 2 is 1.83 bits per heavy atom. The number of ether oxygens (including phenoxy) is 3. The minimum atomic E-state index is -3.26. The number of fused-ring (bicyclic) bond motifs is 1. The molecule has 36 heavy (non-hydrogen) atoms. The van der Waals surface area contributed by atoms with Gasteiger partial charge in [0, 0.05) is 36.0 Å². The van der Waals surface area contributed by atoms with Crippen LogP contribution in [0.1, 0.15) is 30.1 Å². The van der Waals surface area contributed by atoms with E-state index in [0.29, 0.717) is 36.5 Å². The van der Waals surface area contributed by atoms with Crippen molar-refractivity contribution >= 4 is 44.6 Å². The smallest absolute Gasteiger partial charge is 0.236 e. The average Bonchev–Trinajstić information content (AvgIpc) is 3.36. The minimum absolute atomic E-state index is 0.0790. The number of nitrogens with one attached hydrogen (secondary N) is 1. The van der Waals surface area contributed by atoms with Crippen LogP contribution in [0.25, 0.3) is 0 Å². The van der Waals surface area contributed by atoms with Crippen LogP contribution in [0.2, 0.25) is 5.02 Å². The number of rotatable bonds is 5. The molecule has 2 aliphatic heterocycles. The second kappa shape index (κ2) is 8.70. The van der Waals surface area contributed by atoms with E-state index in [0.717, 1.165) is 0 Å². The first-order valence-corrected chi connectivity index (χ1v) is 13.4. The molecule has 2 atom stereocenters. The maximum Gasteiger partial charge on any atom is 0.236 e. The molecule has 2 heterocycles. The predicted octanol–water partition coefficient (Wildman–Crippen LogP) is 3.82. The number of allylic oxidation sites excluding steroid dienone is 1. The number of Topliss-reactive ketones (excluding diaryl/α,β-unsaturated/α-hetero) is 1. The van der Waals surface area contributed by atoms with Crippen LogP contribution in [-0.4, -0.2) is 52.1 Å². The number of carbonyl (C=O) groups is 2. The lowest BCUT2D eigenvalue weighted by molar-refractivity contribution is -0.129. The van der Waals surface area contributed by atoms with Crippen LogP contribution in [0, 0.1) is 5.92 Å². The molecule has 1 aliphatic carbocycles. The Labute approximate surface area is 214 Å². The maximum atomic E-state index is 13.6. The molecule has 190 valence electrons. The molecule has 3 aliphatic rings. The third-order valence-corrected chi connectivity index (χ3v) is 9.10. The van der Waals surface area contributed by atoms with Crippen LogP contribution in [0.5, 0.6) is 17.2 Å². The summed E-state index contributed by atoms with van der Waals surface area (Å²) in [4.78, 5) is 27.0. The third kappa shape index (κ3) is 3.62. The number of carbonyl (C=O) groups excluding carboxylic acids is 2. The third-order valence-electron chi connectivity index (χ3n) is 6.87. The van der Waals surface area contributed by atoms with E-state index < -0.39 is 33.1 Å². The molecular weight excluding hydrogens is 508 g/mol. The van der Waals surface area contributed by atoms with Crippen molar-refractivity contribution in [3.8, 4) is 17.2 Å². The van der Waals surface area contributed by atoms with Gasteiger partial charge in [-0.15, -0.1) is 0 Å². The minimum Gasteiger partial charge on any atom is -0.496 e. The van der Waals surface area contributed by atoms with Crippen molar-refractivity contribution in [3.63, 3.8) is 0 Å². The van der Waals surface area contributed by atoms with Crippen molar-refractivity contribution in [3.05, 3.63) is 52.7 Å². The quantitative estimate of drug-likeness (QED) is 0.579. The highest BCUT2D eigenvalue weighted by Gasteiger charge is 2.60. The Bertz CT molecular complexity index is 1400. The monoisotopic (exact) mass is 532 g/mol. The maximum absolute atomic E-state index is 13.6. The number of ketones is 2. The number of hydrogen-bond donors (Lipinski definition) is 1. The van der Waals surface area contributed by atoms with Gasteiger partial charge in [-0.3, -0.25) is 13.9 Å². The van der Waals surface area contributed by atoms with Crippen LogP contribution >= 0.6 is 11.6 Å². The lowest BCUT2D eigenvalue weighted by Crippen LogP contribution is -2.55. The largest absolute Gasteiger partial charge is 0.496 e. The molecule has 2 aromatic carbocycles. The zero-order chi connectivity index (χ0) is 25.8. The molecule has 11 heteroatoms. The summed E-state index contributed by atoms with van der Waals surface area (Å²) in [5, 5.41) is 3.31. The number of anilines is 2. The molecule has 1 spiro atoms. The number of benzene rings is 2. The molecule has 1 saturated heterocycles. The highest BCUT2D eigenvalue weighted by molar-refractivity contribution is 7.93. The molecule has 2 unspecified atom stereocenters. The standard InChI is InChI=1S/C25H25ClN2O7S/c1-14-11-16(27-15-5-7-17(8-6-15)28-9-4-10-36(28,31)32)12-20(29)25(14)24(30)21-18(33-2)13-19(34-3)22(26)23(21)35-25/h5-8,12-14,27H,4,9-11H2,1-3H3. The molecule has 0 bridgehead atoms. The van der Waals surface area contributed by atoms with E-state index in [1.165, 1.54) is 30.7 Å². The molecule has 1 fully saturated rings. The number of hydrogen-bond acceptors (Lipinski definition) is 8. The number of sulfonamides is 1. The fourth-order valence-electron chi connectivity index (χ4n) is 5.04. The fraction of sp³-hybridized carbons (Fsp3) is 0.360. The summed E-state index contributed by atoms with van der Waals surface area (Å²) in [6.45, 7) is 2.24. The summed E-state index contributed by atoms with van der Waals surface area (Å²) < 4.78 is 42.4. The fourth-order valence-corrected chi connectivity index (χ4v) is 6.87. The van der Waals surface area contributed by atoms with E-state index in [-0.39, 0.29) is 33.6 Å². The Kier molecular flexibility index (Phi) is 5.91. The first-order chi connectivity index (χ1) is 17.1.